The van der Waals surface area contributed by atoms with Gasteiger partial charge in [0.1, 0.15) is 10.8 Å². The van der Waals surface area contributed by atoms with E-state index in [1.807, 2.05) is 0 Å². The minimum atomic E-state index is -3.02. The predicted molar refractivity (Wildman–Crippen MR) is 55.2 cm³/mol. The van der Waals surface area contributed by atoms with Crippen molar-refractivity contribution in [2.45, 2.75) is 10.7 Å². The molecule has 1 atom stereocenters. The Morgan fingerprint density at radius 3 is 2.56 bits per heavy atom. The van der Waals surface area contributed by atoms with Crippen molar-refractivity contribution in [2.75, 3.05) is 7.11 Å². The van der Waals surface area contributed by atoms with Crippen molar-refractivity contribution in [3.8, 4) is 0 Å². The molecule has 0 aliphatic rings. The summed E-state index contributed by atoms with van der Waals surface area (Å²) >= 11 is 5.61. The van der Waals surface area contributed by atoms with E-state index in [0.29, 0.717) is 0 Å². The van der Waals surface area contributed by atoms with Crippen molar-refractivity contribution >= 4 is 28.4 Å². The van der Waals surface area contributed by atoms with Crippen LogP contribution in [0.25, 0.3) is 0 Å². The highest BCUT2D eigenvalue weighted by Crippen LogP contribution is 2.21. The van der Waals surface area contributed by atoms with Crippen LogP contribution in [-0.2, 0) is 15.5 Å². The van der Waals surface area contributed by atoms with Crippen LogP contribution in [-0.4, -0.2) is 23.0 Å². The first kappa shape index (κ1) is 13.1. The van der Waals surface area contributed by atoms with E-state index >= 15 is 0 Å². The lowest BCUT2D eigenvalue weighted by atomic mass is 10.2. The molecule has 0 bridgehead atoms. The third-order valence-electron chi connectivity index (χ3n) is 1.69. The van der Waals surface area contributed by atoms with Crippen molar-refractivity contribution in [1.82, 2.24) is 0 Å². The van der Waals surface area contributed by atoms with Gasteiger partial charge in [-0.15, -0.1) is 0 Å². The number of ether oxygens (including phenoxy) is 1. The Balaban J connectivity index is 3.18. The summed E-state index contributed by atoms with van der Waals surface area (Å²) in [6.07, 6.45) is 0. The predicted octanol–water partition coefficient (Wildman–Crippen LogP) is 2.46. The summed E-state index contributed by atoms with van der Waals surface area (Å²) in [5.74, 6) is -3.75. The summed E-state index contributed by atoms with van der Waals surface area (Å²) in [4.78, 5) is 10.9. The number of benzene rings is 1. The monoisotopic (exact) mass is 268 g/mol. The molecule has 0 fully saturated rings. The van der Waals surface area contributed by atoms with E-state index in [1.54, 1.807) is 0 Å². The fraction of sp³-hybridized carbons (Fsp3) is 0.222. The van der Waals surface area contributed by atoms with Crippen molar-refractivity contribution in [2.24, 2.45) is 0 Å². The Morgan fingerprint density at radius 2 is 2.06 bits per heavy atom. The van der Waals surface area contributed by atoms with Crippen molar-refractivity contribution < 1.29 is 22.5 Å². The number of esters is 1. The van der Waals surface area contributed by atoms with E-state index in [-0.39, 0.29) is 15.5 Å². The number of alkyl halides is 2. The van der Waals surface area contributed by atoms with Crippen LogP contribution in [0.15, 0.2) is 23.1 Å². The summed E-state index contributed by atoms with van der Waals surface area (Å²) in [6, 6.07) is 3.44. The molecule has 0 N–H and O–H groups in total. The molecule has 7 heteroatoms. The summed E-state index contributed by atoms with van der Waals surface area (Å²) in [7, 11) is -1.35. The van der Waals surface area contributed by atoms with Gasteiger partial charge in [0, 0.05) is 9.92 Å². The number of methoxy groups -OCH3 is 1. The Hall–Kier alpha value is -1.01. The molecule has 1 unspecified atom stereocenters. The quantitative estimate of drug-likeness (QED) is 0.791. The van der Waals surface area contributed by atoms with Crippen LogP contribution < -0.4 is 0 Å². The third kappa shape index (κ3) is 2.99. The molecular weight excluding hydrogens is 262 g/mol. The van der Waals surface area contributed by atoms with E-state index in [0.717, 1.165) is 19.2 Å². The second-order valence-electron chi connectivity index (χ2n) is 2.73. The van der Waals surface area contributed by atoms with Gasteiger partial charge in [0.05, 0.1) is 12.7 Å². The van der Waals surface area contributed by atoms with E-state index in [1.165, 1.54) is 6.07 Å². The van der Waals surface area contributed by atoms with E-state index in [2.05, 4.69) is 4.74 Å². The second-order valence-corrected chi connectivity index (χ2v) is 4.58. The maximum atomic E-state index is 12.2. The zero-order chi connectivity index (χ0) is 12.3. The van der Waals surface area contributed by atoms with Crippen molar-refractivity contribution in [3.63, 3.8) is 0 Å². The van der Waals surface area contributed by atoms with Crippen LogP contribution in [0.2, 0.25) is 5.02 Å². The Morgan fingerprint density at radius 1 is 1.44 bits per heavy atom. The van der Waals surface area contributed by atoms with Crippen molar-refractivity contribution in [3.05, 3.63) is 28.8 Å². The third-order valence-corrected chi connectivity index (χ3v) is 2.93. The van der Waals surface area contributed by atoms with Crippen LogP contribution in [0.1, 0.15) is 10.4 Å². The first-order valence-corrected chi connectivity index (χ1v) is 5.62. The zero-order valence-corrected chi connectivity index (χ0v) is 9.65. The van der Waals surface area contributed by atoms with Gasteiger partial charge in [0.15, 0.2) is 0 Å². The molecule has 3 nitrogen and oxygen atoms in total. The van der Waals surface area contributed by atoms with Gasteiger partial charge in [-0.3, -0.25) is 0 Å². The molecule has 0 aliphatic heterocycles. The second kappa shape index (κ2) is 5.36. The van der Waals surface area contributed by atoms with Gasteiger partial charge in [0.2, 0.25) is 0 Å². The standard InChI is InChI=1S/C9H7ClF2O3S/c1-15-8(13)5-2-6(10)4-7(3-5)16(14)9(11)12/h2-4,9H,1H3. The topological polar surface area (TPSA) is 43.4 Å². The highest BCUT2D eigenvalue weighted by molar-refractivity contribution is 7.85. The molecule has 16 heavy (non-hydrogen) atoms. The van der Waals surface area contributed by atoms with Gasteiger partial charge >= 0.3 is 11.7 Å². The molecule has 0 aliphatic carbocycles. The van der Waals surface area contributed by atoms with E-state index < -0.39 is 22.5 Å². The molecule has 88 valence electrons. The molecule has 0 radical (unpaired) electrons. The Labute approximate surface area is 97.8 Å². The van der Waals surface area contributed by atoms with E-state index in [9.17, 15) is 17.8 Å². The summed E-state index contributed by atoms with van der Waals surface area (Å²) in [5, 5.41) is 0.0481. The van der Waals surface area contributed by atoms with E-state index in [4.69, 9.17) is 11.6 Å². The summed E-state index contributed by atoms with van der Waals surface area (Å²) < 4.78 is 39.9. The summed E-state index contributed by atoms with van der Waals surface area (Å²) in [6.45, 7) is 0. The van der Waals surface area contributed by atoms with Gasteiger partial charge < -0.3 is 4.74 Å². The van der Waals surface area contributed by atoms with Gasteiger partial charge in [-0.05, 0) is 18.2 Å². The van der Waals surface area contributed by atoms with Gasteiger partial charge in [-0.25, -0.2) is 9.00 Å². The fourth-order valence-electron chi connectivity index (χ4n) is 1.02. The van der Waals surface area contributed by atoms with Crippen LogP contribution in [0.4, 0.5) is 8.78 Å². The molecular formula is C9H7ClF2O3S. The van der Waals surface area contributed by atoms with Crippen LogP contribution in [0, 0.1) is 0 Å². The SMILES string of the molecule is COC(=O)c1cc(Cl)cc(S(=O)C(F)F)c1. The minimum absolute atomic E-state index is 0.0148. The van der Waals surface area contributed by atoms with Crippen LogP contribution >= 0.6 is 11.6 Å². The molecule has 1 rings (SSSR count). The first-order chi connectivity index (χ1) is 7.45. The lowest BCUT2D eigenvalue weighted by Crippen LogP contribution is -2.06. The van der Waals surface area contributed by atoms with Crippen LogP contribution in [0.5, 0.6) is 0 Å². The normalized spacial score (nSPS) is 12.6. The minimum Gasteiger partial charge on any atom is -0.465 e. The summed E-state index contributed by atoms with van der Waals surface area (Å²) in [5.41, 5.74) is -0.0148. The zero-order valence-electron chi connectivity index (χ0n) is 8.08. The molecule has 1 aromatic carbocycles. The Bertz CT molecular complexity index is 437. The molecule has 0 saturated carbocycles. The smallest absolute Gasteiger partial charge is 0.337 e. The highest BCUT2D eigenvalue weighted by atomic mass is 35.5. The van der Waals surface area contributed by atoms with Crippen molar-refractivity contribution in [1.29, 1.82) is 0 Å². The largest absolute Gasteiger partial charge is 0.465 e. The first-order valence-electron chi connectivity index (χ1n) is 4.03. The lowest BCUT2D eigenvalue weighted by Gasteiger charge is -2.04. The maximum Gasteiger partial charge on any atom is 0.337 e. The average Bonchev–Trinajstić information content (AvgIpc) is 2.25. The molecule has 1 aromatic rings. The van der Waals surface area contributed by atoms with Gasteiger partial charge in [0.25, 0.3) is 0 Å². The number of hydrogen-bond acceptors (Lipinski definition) is 3. The molecule has 0 amide bonds. The lowest BCUT2D eigenvalue weighted by molar-refractivity contribution is 0.0600. The number of halogens is 3. The molecule has 0 heterocycles. The number of carbonyl (C=O) groups is 1. The van der Waals surface area contributed by atoms with Gasteiger partial charge in [-0.1, -0.05) is 11.6 Å². The average molecular weight is 269 g/mol. The fourth-order valence-corrected chi connectivity index (χ4v) is 2.01. The Kier molecular flexibility index (Phi) is 4.37. The highest BCUT2D eigenvalue weighted by Gasteiger charge is 2.18. The van der Waals surface area contributed by atoms with Crippen LogP contribution in [0.3, 0.4) is 0 Å². The molecule has 0 spiro atoms. The molecule has 0 aromatic heterocycles. The number of rotatable bonds is 3. The van der Waals surface area contributed by atoms with Gasteiger partial charge in [-0.2, -0.15) is 8.78 Å². The number of carbonyl (C=O) groups excluding carboxylic acids is 1. The maximum absolute atomic E-state index is 12.2. The number of hydrogen-bond donors (Lipinski definition) is 0. The molecule has 0 saturated heterocycles.